The van der Waals surface area contributed by atoms with Crippen LogP contribution in [-0.4, -0.2) is 13.1 Å². The number of hydrogen-bond donors (Lipinski definition) is 0. The van der Waals surface area contributed by atoms with Gasteiger partial charge in [0.15, 0.2) is 4.71 Å². The second-order valence-corrected chi connectivity index (χ2v) is 4.54. The molecule has 1 atom stereocenters. The molecule has 0 aliphatic rings. The standard InChI is InChI=1S/C3H4Cl2O2S/c1-2-3(4)8(5,6)7/h2-3H,1H2. The first kappa shape index (κ1) is 8.27. The van der Waals surface area contributed by atoms with Crippen molar-refractivity contribution in [2.24, 2.45) is 0 Å². The summed E-state index contributed by atoms with van der Waals surface area (Å²) in [6.45, 7) is 3.13. The van der Waals surface area contributed by atoms with Crippen LogP contribution in [0.1, 0.15) is 0 Å². The fourth-order valence-electron chi connectivity index (χ4n) is 0.115. The molecule has 0 spiro atoms. The molecule has 0 fully saturated rings. The lowest BCUT2D eigenvalue weighted by Gasteiger charge is -1.93. The first-order chi connectivity index (χ1) is 3.48. The number of halogens is 2. The van der Waals surface area contributed by atoms with Gasteiger partial charge in [0.25, 0.3) is 9.05 Å². The minimum Gasteiger partial charge on any atom is -0.210 e. The molecule has 0 aromatic rings. The summed E-state index contributed by atoms with van der Waals surface area (Å²) >= 11 is 5.10. The van der Waals surface area contributed by atoms with Gasteiger partial charge in [0, 0.05) is 10.7 Å². The van der Waals surface area contributed by atoms with Gasteiger partial charge in [-0.15, -0.1) is 6.58 Å². The van der Waals surface area contributed by atoms with E-state index in [1.165, 1.54) is 0 Å². The van der Waals surface area contributed by atoms with Crippen molar-refractivity contribution in [3.05, 3.63) is 12.7 Å². The van der Waals surface area contributed by atoms with E-state index < -0.39 is 13.8 Å². The highest BCUT2D eigenvalue weighted by molar-refractivity contribution is 8.15. The minimum atomic E-state index is -3.63. The highest BCUT2D eigenvalue weighted by atomic mass is 35.7. The predicted molar refractivity (Wildman–Crippen MR) is 34.6 cm³/mol. The molecule has 0 aliphatic carbocycles. The molecule has 8 heavy (non-hydrogen) atoms. The van der Waals surface area contributed by atoms with Crippen molar-refractivity contribution in [2.45, 2.75) is 4.71 Å². The zero-order valence-electron chi connectivity index (χ0n) is 3.84. The molecular weight excluding hydrogens is 171 g/mol. The molecule has 0 radical (unpaired) electrons. The largest absolute Gasteiger partial charge is 0.253 e. The number of hydrogen-bond acceptors (Lipinski definition) is 2. The molecule has 0 aliphatic heterocycles. The van der Waals surface area contributed by atoms with Crippen molar-refractivity contribution >= 4 is 31.3 Å². The number of alkyl halides is 1. The van der Waals surface area contributed by atoms with Crippen molar-refractivity contribution in [1.82, 2.24) is 0 Å². The van der Waals surface area contributed by atoms with Gasteiger partial charge in [-0.2, -0.15) is 0 Å². The van der Waals surface area contributed by atoms with Crippen LogP contribution < -0.4 is 0 Å². The Morgan fingerprint density at radius 3 is 2.00 bits per heavy atom. The van der Waals surface area contributed by atoms with Gasteiger partial charge in [0.2, 0.25) is 0 Å². The third kappa shape index (κ3) is 2.55. The van der Waals surface area contributed by atoms with Crippen LogP contribution in [-0.2, 0) is 9.05 Å². The molecule has 0 bridgehead atoms. The summed E-state index contributed by atoms with van der Waals surface area (Å²) in [4.78, 5) is 0. The molecule has 0 heterocycles. The molecule has 2 nitrogen and oxygen atoms in total. The van der Waals surface area contributed by atoms with Crippen molar-refractivity contribution in [3.63, 3.8) is 0 Å². The van der Waals surface area contributed by atoms with Crippen molar-refractivity contribution in [3.8, 4) is 0 Å². The van der Waals surface area contributed by atoms with Gasteiger partial charge in [-0.25, -0.2) is 8.42 Å². The highest BCUT2D eigenvalue weighted by Gasteiger charge is 2.14. The number of rotatable bonds is 2. The lowest BCUT2D eigenvalue weighted by atomic mass is 10.8. The Bertz CT molecular complexity index is 172. The van der Waals surface area contributed by atoms with Crippen LogP contribution in [0.2, 0.25) is 0 Å². The fourth-order valence-corrected chi connectivity index (χ4v) is 0.563. The smallest absolute Gasteiger partial charge is 0.210 e. The summed E-state index contributed by atoms with van der Waals surface area (Å²) in [5.74, 6) is 0. The first-order valence-electron chi connectivity index (χ1n) is 1.68. The molecule has 1 unspecified atom stereocenters. The SMILES string of the molecule is C=CC(Cl)S(=O)(=O)Cl. The fraction of sp³-hybridized carbons (Fsp3) is 0.333. The summed E-state index contributed by atoms with van der Waals surface area (Å²) in [5.41, 5.74) is 0. The summed E-state index contributed by atoms with van der Waals surface area (Å²) in [5, 5.41) is 0. The Balaban J connectivity index is 4.26. The van der Waals surface area contributed by atoms with E-state index in [0.29, 0.717) is 0 Å². The summed E-state index contributed by atoms with van der Waals surface area (Å²) in [6, 6.07) is 0. The molecule has 0 aromatic carbocycles. The molecular formula is C3H4Cl2O2S. The lowest BCUT2D eigenvalue weighted by Crippen LogP contribution is -2.02. The Labute approximate surface area is 57.5 Å². The van der Waals surface area contributed by atoms with E-state index in [2.05, 4.69) is 6.58 Å². The van der Waals surface area contributed by atoms with Crippen LogP contribution in [0.4, 0.5) is 0 Å². The average molecular weight is 175 g/mol. The van der Waals surface area contributed by atoms with E-state index in [9.17, 15) is 8.42 Å². The van der Waals surface area contributed by atoms with E-state index in [-0.39, 0.29) is 0 Å². The van der Waals surface area contributed by atoms with Gasteiger partial charge in [-0.05, 0) is 0 Å². The average Bonchev–Trinajstić information content (AvgIpc) is 1.62. The summed E-state index contributed by atoms with van der Waals surface area (Å²) in [7, 11) is 1.12. The van der Waals surface area contributed by atoms with Gasteiger partial charge >= 0.3 is 0 Å². The maximum Gasteiger partial charge on any atom is 0.253 e. The molecule has 0 saturated heterocycles. The quantitative estimate of drug-likeness (QED) is 0.360. The topological polar surface area (TPSA) is 34.1 Å². The van der Waals surface area contributed by atoms with Gasteiger partial charge in [-0.1, -0.05) is 17.7 Å². The second-order valence-electron chi connectivity index (χ2n) is 1.06. The van der Waals surface area contributed by atoms with Crippen molar-refractivity contribution < 1.29 is 8.42 Å². The monoisotopic (exact) mass is 174 g/mol. The zero-order chi connectivity index (χ0) is 6.78. The molecule has 0 aromatic heterocycles. The Kier molecular flexibility index (Phi) is 2.80. The van der Waals surface area contributed by atoms with Crippen LogP contribution in [0, 0.1) is 0 Å². The predicted octanol–water partition coefficient (Wildman–Crippen LogP) is 1.31. The van der Waals surface area contributed by atoms with E-state index >= 15 is 0 Å². The molecule has 5 heteroatoms. The molecule has 0 saturated carbocycles. The molecule has 0 rings (SSSR count). The van der Waals surface area contributed by atoms with E-state index in [1.54, 1.807) is 0 Å². The van der Waals surface area contributed by atoms with E-state index in [1.807, 2.05) is 0 Å². The van der Waals surface area contributed by atoms with Crippen LogP contribution in [0.15, 0.2) is 12.7 Å². The van der Waals surface area contributed by atoms with Crippen LogP contribution in [0.5, 0.6) is 0 Å². The van der Waals surface area contributed by atoms with Gasteiger partial charge in [0.1, 0.15) is 0 Å². The maximum absolute atomic E-state index is 10.1. The molecule has 0 amide bonds. The van der Waals surface area contributed by atoms with Crippen LogP contribution >= 0.6 is 22.3 Å². The Morgan fingerprint density at radius 2 is 2.00 bits per heavy atom. The third-order valence-electron chi connectivity index (χ3n) is 0.454. The highest BCUT2D eigenvalue weighted by Crippen LogP contribution is 2.11. The maximum atomic E-state index is 10.1. The van der Waals surface area contributed by atoms with Crippen LogP contribution in [0.25, 0.3) is 0 Å². The third-order valence-corrected chi connectivity index (χ3v) is 2.92. The first-order valence-corrected chi connectivity index (χ1v) is 4.49. The molecule has 48 valence electrons. The van der Waals surface area contributed by atoms with Gasteiger partial charge in [-0.3, -0.25) is 0 Å². The Morgan fingerprint density at radius 1 is 1.62 bits per heavy atom. The Hall–Kier alpha value is 0.270. The van der Waals surface area contributed by atoms with E-state index in [4.69, 9.17) is 22.3 Å². The lowest BCUT2D eigenvalue weighted by molar-refractivity contribution is 0.610. The minimum absolute atomic E-state index is 1.05. The van der Waals surface area contributed by atoms with Crippen LogP contribution in [0.3, 0.4) is 0 Å². The second kappa shape index (κ2) is 2.71. The van der Waals surface area contributed by atoms with Gasteiger partial charge < -0.3 is 0 Å². The van der Waals surface area contributed by atoms with E-state index in [0.717, 1.165) is 6.08 Å². The van der Waals surface area contributed by atoms with Gasteiger partial charge in [0.05, 0.1) is 0 Å². The van der Waals surface area contributed by atoms with Crippen molar-refractivity contribution in [2.75, 3.05) is 0 Å². The summed E-state index contributed by atoms with van der Waals surface area (Å²) < 4.78 is 19.1. The summed E-state index contributed by atoms with van der Waals surface area (Å²) in [6.07, 6.45) is 1.05. The normalized spacial score (nSPS) is 15.2. The molecule has 0 N–H and O–H groups in total. The van der Waals surface area contributed by atoms with Crippen molar-refractivity contribution in [1.29, 1.82) is 0 Å². The zero-order valence-corrected chi connectivity index (χ0v) is 6.17.